The first-order valence-corrected chi connectivity index (χ1v) is 7.80. The molecule has 0 spiro atoms. The minimum absolute atomic E-state index is 0. The number of furan rings is 1. The lowest BCUT2D eigenvalue weighted by atomic mass is 10.1. The number of hydrogen-bond acceptors (Lipinski definition) is 3. The molecule has 25 heavy (non-hydrogen) atoms. The molecule has 0 radical (unpaired) electrons. The van der Waals surface area contributed by atoms with E-state index in [1.807, 2.05) is 24.3 Å². The molecule has 1 aromatic heterocycles. The molecule has 7 heteroatoms. The number of benzene rings is 1. The van der Waals surface area contributed by atoms with E-state index in [2.05, 4.69) is 41.7 Å². The van der Waals surface area contributed by atoms with Crippen LogP contribution in [0.1, 0.15) is 36.9 Å². The van der Waals surface area contributed by atoms with E-state index in [4.69, 9.17) is 4.42 Å². The van der Waals surface area contributed by atoms with Gasteiger partial charge < -0.3 is 20.4 Å². The van der Waals surface area contributed by atoms with E-state index in [0.29, 0.717) is 6.54 Å². The van der Waals surface area contributed by atoms with Crippen molar-refractivity contribution < 1.29 is 9.21 Å². The topological polar surface area (TPSA) is 78.7 Å². The fourth-order valence-electron chi connectivity index (χ4n) is 2.03. The molecule has 0 aliphatic carbocycles. The Kier molecular flexibility index (Phi) is 7.95. The average molecular weight is 456 g/mol. The first-order chi connectivity index (χ1) is 11.4. The van der Waals surface area contributed by atoms with E-state index < -0.39 is 0 Å². The minimum atomic E-state index is -0.263. The summed E-state index contributed by atoms with van der Waals surface area (Å²) in [5, 5.41) is 9.35. The van der Waals surface area contributed by atoms with Crippen molar-refractivity contribution >= 4 is 41.5 Å². The summed E-state index contributed by atoms with van der Waals surface area (Å²) in [5.74, 6) is 0.774. The molecule has 2 aromatic rings. The van der Waals surface area contributed by atoms with Gasteiger partial charge in [-0.25, -0.2) is 0 Å². The van der Waals surface area contributed by atoms with Crippen LogP contribution in [0.2, 0.25) is 0 Å². The highest BCUT2D eigenvalue weighted by atomic mass is 127. The summed E-state index contributed by atoms with van der Waals surface area (Å²) in [6.45, 7) is 6.88. The highest BCUT2D eigenvalue weighted by molar-refractivity contribution is 14.0. The summed E-state index contributed by atoms with van der Waals surface area (Å²) in [4.78, 5) is 16.1. The third-order valence-electron chi connectivity index (χ3n) is 3.13. The van der Waals surface area contributed by atoms with Gasteiger partial charge in [-0.05, 0) is 50.6 Å². The molecular weight excluding hydrogens is 431 g/mol. The number of amides is 1. The number of hydrogen-bond donors (Lipinski definition) is 3. The van der Waals surface area contributed by atoms with Crippen molar-refractivity contribution in [2.24, 2.45) is 4.99 Å². The maximum atomic E-state index is 11.9. The van der Waals surface area contributed by atoms with Crippen molar-refractivity contribution in [1.29, 1.82) is 0 Å². The molecule has 3 N–H and O–H groups in total. The summed E-state index contributed by atoms with van der Waals surface area (Å²) >= 11 is 0. The molecule has 1 heterocycles. The predicted molar refractivity (Wildman–Crippen MR) is 112 cm³/mol. The maximum Gasteiger partial charge on any atom is 0.291 e. The van der Waals surface area contributed by atoms with E-state index in [0.717, 1.165) is 17.2 Å². The Morgan fingerprint density at radius 3 is 2.36 bits per heavy atom. The SMILES string of the molecule is CN=C(NCc1ccc(NC(=O)c2ccco2)cc1)NC(C)(C)C.I. The van der Waals surface area contributed by atoms with Gasteiger partial charge in [0.25, 0.3) is 5.91 Å². The Bertz CT molecular complexity index is 689. The molecule has 0 bridgehead atoms. The van der Waals surface area contributed by atoms with Gasteiger partial charge in [-0.15, -0.1) is 24.0 Å². The van der Waals surface area contributed by atoms with Crippen LogP contribution in [-0.2, 0) is 6.54 Å². The Morgan fingerprint density at radius 2 is 1.84 bits per heavy atom. The lowest BCUT2D eigenvalue weighted by molar-refractivity contribution is 0.0996. The summed E-state index contributed by atoms with van der Waals surface area (Å²) in [7, 11) is 1.74. The van der Waals surface area contributed by atoms with Crippen LogP contribution in [0.4, 0.5) is 5.69 Å². The second-order valence-corrected chi connectivity index (χ2v) is 6.43. The van der Waals surface area contributed by atoms with E-state index >= 15 is 0 Å². The molecule has 0 atom stereocenters. The number of carbonyl (C=O) groups excluding carboxylic acids is 1. The van der Waals surface area contributed by atoms with Gasteiger partial charge in [-0.1, -0.05) is 12.1 Å². The van der Waals surface area contributed by atoms with Crippen molar-refractivity contribution in [2.75, 3.05) is 12.4 Å². The van der Waals surface area contributed by atoms with Gasteiger partial charge in [-0.2, -0.15) is 0 Å². The quantitative estimate of drug-likeness (QED) is 0.373. The van der Waals surface area contributed by atoms with Crippen LogP contribution in [0, 0.1) is 0 Å². The van der Waals surface area contributed by atoms with Crippen LogP contribution < -0.4 is 16.0 Å². The molecule has 6 nitrogen and oxygen atoms in total. The molecular formula is C18H25IN4O2. The Morgan fingerprint density at radius 1 is 1.16 bits per heavy atom. The molecule has 0 unspecified atom stereocenters. The smallest absolute Gasteiger partial charge is 0.291 e. The number of rotatable bonds is 4. The van der Waals surface area contributed by atoms with Crippen LogP contribution in [0.15, 0.2) is 52.1 Å². The zero-order chi connectivity index (χ0) is 17.6. The molecule has 1 amide bonds. The molecule has 1 aromatic carbocycles. The standard InChI is InChI=1S/C18H24N4O2.HI/c1-18(2,3)22-17(19-4)20-12-13-7-9-14(10-8-13)21-16(23)15-6-5-11-24-15;/h5-11H,12H2,1-4H3,(H,21,23)(H2,19,20,22);1H. The van der Waals surface area contributed by atoms with Gasteiger partial charge in [0.05, 0.1) is 6.26 Å². The van der Waals surface area contributed by atoms with Crippen LogP contribution in [-0.4, -0.2) is 24.5 Å². The highest BCUT2D eigenvalue weighted by Crippen LogP contribution is 2.12. The van der Waals surface area contributed by atoms with Crippen molar-refractivity contribution in [3.63, 3.8) is 0 Å². The molecule has 0 aliphatic heterocycles. The van der Waals surface area contributed by atoms with Crippen LogP contribution in [0.3, 0.4) is 0 Å². The third-order valence-corrected chi connectivity index (χ3v) is 3.13. The van der Waals surface area contributed by atoms with Gasteiger partial charge in [0.15, 0.2) is 11.7 Å². The zero-order valence-electron chi connectivity index (χ0n) is 14.9. The molecule has 0 fully saturated rings. The number of guanidine groups is 1. The van der Waals surface area contributed by atoms with E-state index in [-0.39, 0.29) is 41.2 Å². The van der Waals surface area contributed by atoms with Crippen LogP contribution in [0.5, 0.6) is 0 Å². The largest absolute Gasteiger partial charge is 0.459 e. The lowest BCUT2D eigenvalue weighted by Gasteiger charge is -2.23. The predicted octanol–water partition coefficient (Wildman–Crippen LogP) is 3.61. The van der Waals surface area contributed by atoms with Crippen molar-refractivity contribution in [3.05, 3.63) is 54.0 Å². The lowest BCUT2D eigenvalue weighted by Crippen LogP contribution is -2.47. The van der Waals surface area contributed by atoms with Crippen molar-refractivity contribution in [2.45, 2.75) is 32.9 Å². The molecule has 0 saturated carbocycles. The Hall–Kier alpha value is -2.03. The van der Waals surface area contributed by atoms with E-state index in [1.165, 1.54) is 6.26 Å². The molecule has 136 valence electrons. The first-order valence-electron chi connectivity index (χ1n) is 7.80. The second kappa shape index (κ2) is 9.45. The van der Waals surface area contributed by atoms with Gasteiger partial charge in [-0.3, -0.25) is 9.79 Å². The molecule has 0 aliphatic rings. The number of nitrogens with one attached hydrogen (secondary N) is 3. The second-order valence-electron chi connectivity index (χ2n) is 6.43. The number of aliphatic imine (C=N–C) groups is 1. The van der Waals surface area contributed by atoms with E-state index in [1.54, 1.807) is 19.2 Å². The fraction of sp³-hybridized carbons (Fsp3) is 0.333. The highest BCUT2D eigenvalue weighted by Gasteiger charge is 2.11. The molecule has 0 saturated heterocycles. The number of anilines is 1. The van der Waals surface area contributed by atoms with E-state index in [9.17, 15) is 4.79 Å². The average Bonchev–Trinajstić information content (AvgIpc) is 3.06. The minimum Gasteiger partial charge on any atom is -0.459 e. The van der Waals surface area contributed by atoms with Gasteiger partial charge in [0.2, 0.25) is 0 Å². The Balaban J connectivity index is 0.00000312. The van der Waals surface area contributed by atoms with Crippen molar-refractivity contribution in [3.8, 4) is 0 Å². The Labute approximate surface area is 165 Å². The fourth-order valence-corrected chi connectivity index (χ4v) is 2.03. The molecule has 2 rings (SSSR count). The first kappa shape index (κ1) is 21.0. The number of halogens is 1. The van der Waals surface area contributed by atoms with Crippen molar-refractivity contribution in [1.82, 2.24) is 10.6 Å². The van der Waals surface area contributed by atoms with Gasteiger partial charge in [0.1, 0.15) is 0 Å². The van der Waals surface area contributed by atoms with Gasteiger partial charge >= 0.3 is 0 Å². The monoisotopic (exact) mass is 456 g/mol. The summed E-state index contributed by atoms with van der Waals surface area (Å²) in [5.41, 5.74) is 1.75. The normalized spacial score (nSPS) is 11.4. The van der Waals surface area contributed by atoms with Crippen LogP contribution >= 0.6 is 24.0 Å². The summed E-state index contributed by atoms with van der Waals surface area (Å²) in [6, 6.07) is 10.9. The van der Waals surface area contributed by atoms with Gasteiger partial charge in [0, 0.05) is 24.8 Å². The summed E-state index contributed by atoms with van der Waals surface area (Å²) < 4.78 is 5.07. The zero-order valence-corrected chi connectivity index (χ0v) is 17.3. The number of carbonyl (C=O) groups is 1. The van der Waals surface area contributed by atoms with Crippen LogP contribution in [0.25, 0.3) is 0 Å². The number of nitrogens with zero attached hydrogens (tertiary/aromatic N) is 1. The summed E-state index contributed by atoms with van der Waals surface area (Å²) in [6.07, 6.45) is 1.47. The maximum absolute atomic E-state index is 11.9. The third kappa shape index (κ3) is 7.16.